The molecular weight excluding hydrogens is 326 g/mol. The van der Waals surface area contributed by atoms with E-state index in [1.54, 1.807) is 6.92 Å². The number of rotatable bonds is 4. The molecule has 0 aliphatic heterocycles. The van der Waals surface area contributed by atoms with Crippen molar-refractivity contribution in [1.82, 2.24) is 0 Å². The van der Waals surface area contributed by atoms with E-state index in [1.165, 1.54) is 18.2 Å². The van der Waals surface area contributed by atoms with E-state index in [9.17, 15) is 22.0 Å². The monoisotopic (exact) mass is 340 g/mol. The number of aryl methyl sites for hydroxylation is 1. The summed E-state index contributed by atoms with van der Waals surface area (Å²) in [6.07, 6.45) is 1.02. The van der Waals surface area contributed by atoms with Crippen molar-refractivity contribution >= 4 is 27.3 Å². The summed E-state index contributed by atoms with van der Waals surface area (Å²) in [5.74, 6) is -2.22. The van der Waals surface area contributed by atoms with Crippen molar-refractivity contribution in [3.63, 3.8) is 0 Å². The van der Waals surface area contributed by atoms with Crippen LogP contribution in [0.5, 0.6) is 0 Å². The molecule has 5 nitrogen and oxygen atoms in total. The van der Waals surface area contributed by atoms with Crippen LogP contribution >= 0.6 is 0 Å². The zero-order valence-electron chi connectivity index (χ0n) is 12.4. The maximum Gasteiger partial charge on any atom is 0.255 e. The predicted molar refractivity (Wildman–Crippen MR) is 84.0 cm³/mol. The highest BCUT2D eigenvalue weighted by molar-refractivity contribution is 7.92. The van der Waals surface area contributed by atoms with Gasteiger partial charge in [-0.3, -0.25) is 9.52 Å². The number of carbonyl (C=O) groups excluding carboxylic acids is 1. The molecule has 122 valence electrons. The molecule has 0 aliphatic carbocycles. The average molecular weight is 340 g/mol. The summed E-state index contributed by atoms with van der Waals surface area (Å²) in [7, 11) is -3.43. The number of halogens is 2. The van der Waals surface area contributed by atoms with E-state index in [1.807, 2.05) is 0 Å². The van der Waals surface area contributed by atoms with Gasteiger partial charge in [0.05, 0.1) is 17.6 Å². The lowest BCUT2D eigenvalue weighted by atomic mass is 10.1. The second kappa shape index (κ2) is 6.33. The lowest BCUT2D eigenvalue weighted by Gasteiger charge is -2.10. The van der Waals surface area contributed by atoms with Crippen LogP contribution in [0.25, 0.3) is 0 Å². The lowest BCUT2D eigenvalue weighted by molar-refractivity contribution is 0.102. The van der Waals surface area contributed by atoms with Gasteiger partial charge in [0.2, 0.25) is 10.0 Å². The average Bonchev–Trinajstić information content (AvgIpc) is 2.42. The van der Waals surface area contributed by atoms with Gasteiger partial charge >= 0.3 is 0 Å². The molecule has 23 heavy (non-hydrogen) atoms. The maximum absolute atomic E-state index is 13.5. The topological polar surface area (TPSA) is 75.3 Å². The van der Waals surface area contributed by atoms with Crippen LogP contribution in [0.3, 0.4) is 0 Å². The van der Waals surface area contributed by atoms with E-state index in [-0.39, 0.29) is 11.3 Å². The minimum Gasteiger partial charge on any atom is -0.319 e. The minimum absolute atomic E-state index is 0.146. The summed E-state index contributed by atoms with van der Waals surface area (Å²) in [4.78, 5) is 12.1. The molecule has 0 aromatic heterocycles. The Hall–Kier alpha value is -2.48. The first-order valence-electron chi connectivity index (χ1n) is 6.50. The first-order chi connectivity index (χ1) is 10.7. The molecule has 0 bridgehead atoms. The number of benzene rings is 2. The molecule has 0 aliphatic rings. The molecule has 0 unspecified atom stereocenters. The van der Waals surface area contributed by atoms with Crippen molar-refractivity contribution < 1.29 is 22.0 Å². The third-order valence-electron chi connectivity index (χ3n) is 2.96. The van der Waals surface area contributed by atoms with Crippen LogP contribution in [0.4, 0.5) is 20.2 Å². The zero-order chi connectivity index (χ0) is 17.2. The van der Waals surface area contributed by atoms with Gasteiger partial charge in [-0.1, -0.05) is 0 Å². The van der Waals surface area contributed by atoms with Crippen molar-refractivity contribution in [2.75, 3.05) is 16.3 Å². The van der Waals surface area contributed by atoms with Gasteiger partial charge in [0.25, 0.3) is 5.91 Å². The Bertz CT molecular complexity index is 867. The van der Waals surface area contributed by atoms with Crippen molar-refractivity contribution in [1.29, 1.82) is 0 Å². The van der Waals surface area contributed by atoms with Crippen molar-refractivity contribution in [2.24, 2.45) is 0 Å². The van der Waals surface area contributed by atoms with E-state index >= 15 is 0 Å². The lowest BCUT2D eigenvalue weighted by Crippen LogP contribution is -2.14. The molecule has 0 atom stereocenters. The van der Waals surface area contributed by atoms with Gasteiger partial charge in [0.1, 0.15) is 11.6 Å². The molecule has 0 spiro atoms. The third kappa shape index (κ3) is 4.49. The Morgan fingerprint density at radius 3 is 2.26 bits per heavy atom. The van der Waals surface area contributed by atoms with E-state index < -0.39 is 27.6 Å². The van der Waals surface area contributed by atoms with Gasteiger partial charge in [-0.2, -0.15) is 0 Å². The van der Waals surface area contributed by atoms with E-state index in [4.69, 9.17) is 0 Å². The molecule has 2 rings (SSSR count). The van der Waals surface area contributed by atoms with Gasteiger partial charge in [0, 0.05) is 11.6 Å². The summed E-state index contributed by atoms with van der Waals surface area (Å²) in [5, 5.41) is 2.33. The predicted octanol–water partition coefficient (Wildman–Crippen LogP) is 2.90. The first-order valence-corrected chi connectivity index (χ1v) is 8.40. The van der Waals surface area contributed by atoms with E-state index in [2.05, 4.69) is 10.0 Å². The van der Waals surface area contributed by atoms with Crippen LogP contribution in [0, 0.1) is 18.6 Å². The van der Waals surface area contributed by atoms with Gasteiger partial charge < -0.3 is 5.32 Å². The summed E-state index contributed by atoms with van der Waals surface area (Å²) in [6.45, 7) is 1.63. The normalized spacial score (nSPS) is 11.1. The molecule has 0 fully saturated rings. The van der Waals surface area contributed by atoms with Crippen LogP contribution < -0.4 is 10.0 Å². The first kappa shape index (κ1) is 16.9. The number of nitrogens with one attached hydrogen (secondary N) is 2. The maximum atomic E-state index is 13.5. The highest BCUT2D eigenvalue weighted by Gasteiger charge is 2.12. The molecule has 0 saturated heterocycles. The Morgan fingerprint density at radius 1 is 1.04 bits per heavy atom. The van der Waals surface area contributed by atoms with Crippen LogP contribution in [0.2, 0.25) is 0 Å². The fraction of sp³-hybridized carbons (Fsp3) is 0.133. The number of hydrogen-bond donors (Lipinski definition) is 2. The molecule has 1 amide bonds. The SMILES string of the molecule is Cc1cc(C(=O)Nc2ccc(F)cc2F)ccc1NS(C)(=O)=O. The standard InChI is InChI=1S/C15H14F2N2O3S/c1-9-7-10(3-5-13(9)19-23(2,21)22)15(20)18-14-6-4-11(16)8-12(14)17/h3-8,19H,1-2H3,(H,18,20). The van der Waals surface area contributed by atoms with Crippen LogP contribution in [-0.2, 0) is 10.0 Å². The van der Waals surface area contributed by atoms with Crippen molar-refractivity contribution in [3.8, 4) is 0 Å². The quantitative estimate of drug-likeness (QED) is 0.899. The second-order valence-corrected chi connectivity index (χ2v) is 6.73. The molecular formula is C15H14F2N2O3S. The van der Waals surface area contributed by atoms with E-state index in [0.717, 1.165) is 18.4 Å². The van der Waals surface area contributed by atoms with E-state index in [0.29, 0.717) is 17.3 Å². The second-order valence-electron chi connectivity index (χ2n) is 4.98. The fourth-order valence-corrected chi connectivity index (χ4v) is 2.53. The van der Waals surface area contributed by atoms with Gasteiger partial charge in [-0.25, -0.2) is 17.2 Å². The highest BCUT2D eigenvalue weighted by Crippen LogP contribution is 2.20. The largest absolute Gasteiger partial charge is 0.319 e. The van der Waals surface area contributed by atoms with Gasteiger partial charge in [-0.05, 0) is 42.8 Å². The summed E-state index contributed by atoms with van der Waals surface area (Å²) < 4.78 is 51.1. The Labute approximate surface area is 132 Å². The number of carbonyl (C=O) groups is 1. The third-order valence-corrected chi connectivity index (χ3v) is 3.55. The number of hydrogen-bond acceptors (Lipinski definition) is 3. The van der Waals surface area contributed by atoms with Crippen LogP contribution in [-0.4, -0.2) is 20.6 Å². The van der Waals surface area contributed by atoms with Crippen LogP contribution in [0.1, 0.15) is 15.9 Å². The van der Waals surface area contributed by atoms with Crippen molar-refractivity contribution in [2.45, 2.75) is 6.92 Å². The summed E-state index contributed by atoms with van der Waals surface area (Å²) in [5.41, 5.74) is 0.942. The summed E-state index contributed by atoms with van der Waals surface area (Å²) >= 11 is 0. The van der Waals surface area contributed by atoms with Gasteiger partial charge in [0.15, 0.2) is 0 Å². The number of sulfonamides is 1. The Kier molecular flexibility index (Phi) is 4.65. The zero-order valence-corrected chi connectivity index (χ0v) is 13.2. The van der Waals surface area contributed by atoms with Crippen LogP contribution in [0.15, 0.2) is 36.4 Å². The molecule has 0 radical (unpaired) electrons. The van der Waals surface area contributed by atoms with Crippen molar-refractivity contribution in [3.05, 3.63) is 59.2 Å². The fourth-order valence-electron chi connectivity index (χ4n) is 1.90. The number of anilines is 2. The highest BCUT2D eigenvalue weighted by atomic mass is 32.2. The number of amides is 1. The summed E-state index contributed by atoms with van der Waals surface area (Å²) in [6, 6.07) is 7.12. The minimum atomic E-state index is -3.43. The Balaban J connectivity index is 2.21. The van der Waals surface area contributed by atoms with Gasteiger partial charge in [-0.15, -0.1) is 0 Å². The molecule has 2 aromatic carbocycles. The molecule has 2 aromatic rings. The molecule has 0 saturated carbocycles. The molecule has 0 heterocycles. The molecule has 2 N–H and O–H groups in total. The smallest absolute Gasteiger partial charge is 0.255 e. The molecule has 8 heteroatoms. The Morgan fingerprint density at radius 2 is 1.70 bits per heavy atom.